The van der Waals surface area contributed by atoms with E-state index in [1.807, 2.05) is 40.1 Å². The van der Waals surface area contributed by atoms with Gasteiger partial charge >= 0.3 is 0 Å². The number of rotatable bonds is 4. The number of hydrogen-bond donors (Lipinski definition) is 1. The molecule has 1 aromatic rings. The molecule has 2 heterocycles. The van der Waals surface area contributed by atoms with Crippen LogP contribution >= 0.6 is 12.4 Å². The van der Waals surface area contributed by atoms with Crippen molar-refractivity contribution < 1.29 is 9.59 Å². The predicted molar refractivity (Wildman–Crippen MR) is 95.9 cm³/mol. The smallest absolute Gasteiger partial charge is 0.240 e. The third kappa shape index (κ3) is 4.71. The van der Waals surface area contributed by atoms with Gasteiger partial charge in [0.1, 0.15) is 0 Å². The molecule has 3 rings (SSSR count). The van der Waals surface area contributed by atoms with E-state index in [1.165, 1.54) is 6.42 Å². The number of benzene rings is 1. The summed E-state index contributed by atoms with van der Waals surface area (Å²) in [7, 11) is 0. The number of carbonyl (C=O) groups excluding carboxylic acids is 2. The Bertz CT molecular complexity index is 546. The van der Waals surface area contributed by atoms with Crippen LogP contribution in [0, 0.1) is 0 Å². The van der Waals surface area contributed by atoms with Crippen LogP contribution in [0.25, 0.3) is 0 Å². The fourth-order valence-electron chi connectivity index (χ4n) is 3.36. The quantitative estimate of drug-likeness (QED) is 0.900. The minimum atomic E-state index is -0.373. The zero-order valence-corrected chi connectivity index (χ0v) is 14.8. The highest BCUT2D eigenvalue weighted by molar-refractivity contribution is 5.89. The van der Waals surface area contributed by atoms with Gasteiger partial charge in [-0.15, -0.1) is 12.4 Å². The summed E-state index contributed by atoms with van der Waals surface area (Å²) < 4.78 is 0. The van der Waals surface area contributed by atoms with Gasteiger partial charge in [0.15, 0.2) is 0 Å². The summed E-state index contributed by atoms with van der Waals surface area (Å²) in [6.45, 7) is 3.75. The van der Waals surface area contributed by atoms with Crippen LogP contribution in [0.2, 0.25) is 0 Å². The van der Waals surface area contributed by atoms with E-state index in [2.05, 4.69) is 5.32 Å². The summed E-state index contributed by atoms with van der Waals surface area (Å²) in [4.78, 5) is 28.8. The lowest BCUT2D eigenvalue weighted by Gasteiger charge is -2.34. The highest BCUT2D eigenvalue weighted by Crippen LogP contribution is 2.14. The molecule has 1 N–H and O–H groups in total. The normalized spacial score (nSPS) is 21.3. The fraction of sp³-hybridized carbons (Fsp3) is 0.556. The first-order valence-electron chi connectivity index (χ1n) is 8.58. The number of amides is 2. The van der Waals surface area contributed by atoms with Gasteiger partial charge in [-0.05, 0) is 24.8 Å². The molecule has 0 aliphatic carbocycles. The molecule has 2 amide bonds. The average molecular weight is 352 g/mol. The number of piperidine rings is 1. The van der Waals surface area contributed by atoms with Crippen LogP contribution in [0.15, 0.2) is 30.3 Å². The van der Waals surface area contributed by atoms with Gasteiger partial charge in [0.2, 0.25) is 11.8 Å². The molecule has 2 aliphatic rings. The maximum Gasteiger partial charge on any atom is 0.240 e. The minimum absolute atomic E-state index is 0. The first kappa shape index (κ1) is 18.7. The van der Waals surface area contributed by atoms with Gasteiger partial charge in [0.25, 0.3) is 0 Å². The van der Waals surface area contributed by atoms with Crippen molar-refractivity contribution in [1.82, 2.24) is 15.1 Å². The molecule has 2 fully saturated rings. The Morgan fingerprint density at radius 3 is 2.50 bits per heavy atom. The Hall–Kier alpha value is -1.59. The average Bonchev–Trinajstić information content (AvgIpc) is 2.60. The van der Waals surface area contributed by atoms with Gasteiger partial charge in [0.05, 0.1) is 12.5 Å². The zero-order chi connectivity index (χ0) is 16.1. The van der Waals surface area contributed by atoms with Crippen molar-refractivity contribution in [2.75, 3.05) is 26.2 Å². The lowest BCUT2D eigenvalue weighted by atomic mass is 10.1. The van der Waals surface area contributed by atoms with E-state index in [4.69, 9.17) is 0 Å². The van der Waals surface area contributed by atoms with Crippen molar-refractivity contribution in [3.8, 4) is 0 Å². The van der Waals surface area contributed by atoms with Gasteiger partial charge in [-0.25, -0.2) is 0 Å². The van der Waals surface area contributed by atoms with Crippen molar-refractivity contribution in [3.63, 3.8) is 0 Å². The highest BCUT2D eigenvalue weighted by atomic mass is 35.5. The van der Waals surface area contributed by atoms with E-state index in [0.29, 0.717) is 13.1 Å². The molecular formula is C18H26ClN3O2. The largest absolute Gasteiger partial charge is 0.343 e. The summed E-state index contributed by atoms with van der Waals surface area (Å²) in [5.74, 6) is 0.155. The first-order valence-corrected chi connectivity index (χ1v) is 8.58. The number of hydrogen-bond acceptors (Lipinski definition) is 3. The second kappa shape index (κ2) is 9.04. The van der Waals surface area contributed by atoms with E-state index in [-0.39, 0.29) is 36.7 Å². The Kier molecular flexibility index (Phi) is 7.06. The fourth-order valence-corrected chi connectivity index (χ4v) is 3.36. The van der Waals surface area contributed by atoms with Crippen LogP contribution in [0.5, 0.6) is 0 Å². The Labute approximate surface area is 149 Å². The third-order valence-electron chi connectivity index (χ3n) is 4.69. The molecule has 1 aromatic carbocycles. The SMILES string of the molecule is Cl.O=C(CC1NCCN(Cc2ccccc2)C1=O)N1CCCCC1. The van der Waals surface area contributed by atoms with Crippen molar-refractivity contribution in [1.29, 1.82) is 0 Å². The standard InChI is InChI=1S/C18H25N3O2.ClH/c22-17(20-10-5-2-6-11-20)13-16-18(23)21(12-9-19-16)14-15-7-3-1-4-8-15;/h1,3-4,7-8,16,19H,2,5-6,9-14H2;1H. The molecule has 0 bridgehead atoms. The van der Waals surface area contributed by atoms with Crippen LogP contribution in [0.4, 0.5) is 0 Å². The number of halogens is 1. The predicted octanol–water partition coefficient (Wildman–Crippen LogP) is 1.81. The van der Waals surface area contributed by atoms with E-state index in [1.54, 1.807) is 0 Å². The lowest BCUT2D eigenvalue weighted by Crippen LogP contribution is -2.56. The number of carbonyl (C=O) groups is 2. The number of nitrogens with one attached hydrogen (secondary N) is 1. The van der Waals surface area contributed by atoms with Crippen LogP contribution < -0.4 is 5.32 Å². The van der Waals surface area contributed by atoms with Gasteiger partial charge in [-0.2, -0.15) is 0 Å². The molecule has 6 heteroatoms. The van der Waals surface area contributed by atoms with Crippen molar-refractivity contribution in [2.45, 2.75) is 38.3 Å². The van der Waals surface area contributed by atoms with Gasteiger partial charge in [-0.1, -0.05) is 30.3 Å². The van der Waals surface area contributed by atoms with Crippen molar-refractivity contribution in [3.05, 3.63) is 35.9 Å². The number of nitrogens with zero attached hydrogens (tertiary/aromatic N) is 2. The molecule has 2 aliphatic heterocycles. The lowest BCUT2D eigenvalue weighted by molar-refractivity contribution is -0.141. The van der Waals surface area contributed by atoms with Crippen molar-refractivity contribution in [2.24, 2.45) is 0 Å². The molecule has 1 atom stereocenters. The molecule has 0 spiro atoms. The van der Waals surface area contributed by atoms with Crippen LogP contribution in [-0.4, -0.2) is 53.8 Å². The van der Waals surface area contributed by atoms with E-state index in [0.717, 1.165) is 38.0 Å². The third-order valence-corrected chi connectivity index (χ3v) is 4.69. The Morgan fingerprint density at radius 1 is 1.08 bits per heavy atom. The topological polar surface area (TPSA) is 52.7 Å². The molecule has 24 heavy (non-hydrogen) atoms. The second-order valence-corrected chi connectivity index (χ2v) is 6.40. The Balaban J connectivity index is 0.00000208. The van der Waals surface area contributed by atoms with Crippen LogP contribution in [0.3, 0.4) is 0 Å². The van der Waals surface area contributed by atoms with E-state index < -0.39 is 0 Å². The molecule has 2 saturated heterocycles. The summed E-state index contributed by atoms with van der Waals surface area (Å²) in [5.41, 5.74) is 1.13. The maximum atomic E-state index is 12.6. The molecule has 5 nitrogen and oxygen atoms in total. The molecule has 1 unspecified atom stereocenters. The Morgan fingerprint density at radius 2 is 1.79 bits per heavy atom. The van der Waals surface area contributed by atoms with Gasteiger partial charge in [0, 0.05) is 32.7 Å². The van der Waals surface area contributed by atoms with E-state index >= 15 is 0 Å². The molecule has 132 valence electrons. The zero-order valence-electron chi connectivity index (χ0n) is 13.9. The molecule has 0 saturated carbocycles. The summed E-state index contributed by atoms with van der Waals surface area (Å²) >= 11 is 0. The van der Waals surface area contributed by atoms with Crippen LogP contribution in [-0.2, 0) is 16.1 Å². The summed E-state index contributed by atoms with van der Waals surface area (Å²) in [5, 5.41) is 3.22. The van der Waals surface area contributed by atoms with E-state index in [9.17, 15) is 9.59 Å². The molecule has 0 aromatic heterocycles. The minimum Gasteiger partial charge on any atom is -0.343 e. The number of piperazine rings is 1. The first-order chi connectivity index (χ1) is 11.2. The van der Waals surface area contributed by atoms with Crippen LogP contribution in [0.1, 0.15) is 31.2 Å². The van der Waals surface area contributed by atoms with Crippen molar-refractivity contribution >= 4 is 24.2 Å². The second-order valence-electron chi connectivity index (χ2n) is 6.40. The van der Waals surface area contributed by atoms with Gasteiger partial charge < -0.3 is 15.1 Å². The summed E-state index contributed by atoms with van der Waals surface area (Å²) in [6, 6.07) is 9.64. The highest BCUT2D eigenvalue weighted by Gasteiger charge is 2.31. The maximum absolute atomic E-state index is 12.6. The number of likely N-dealkylation sites (tertiary alicyclic amines) is 1. The summed E-state index contributed by atoms with van der Waals surface area (Å²) in [6.07, 6.45) is 3.65. The monoisotopic (exact) mass is 351 g/mol. The van der Waals surface area contributed by atoms with Gasteiger partial charge in [-0.3, -0.25) is 9.59 Å². The molecule has 0 radical (unpaired) electrons. The molecular weight excluding hydrogens is 326 g/mol.